The minimum Gasteiger partial charge on any atom is -0.497 e. The second-order valence-electron chi connectivity index (χ2n) is 7.27. The minimum absolute atomic E-state index is 0.0235. The van der Waals surface area contributed by atoms with Crippen LogP contribution in [0.2, 0.25) is 0 Å². The van der Waals surface area contributed by atoms with Crippen LogP contribution in [0.15, 0.2) is 54.6 Å². The molecule has 2 aromatic carbocycles. The van der Waals surface area contributed by atoms with Gasteiger partial charge in [0.2, 0.25) is 0 Å². The molecule has 1 aliphatic rings. The maximum Gasteiger partial charge on any atom is 0.254 e. The van der Waals surface area contributed by atoms with Crippen molar-refractivity contribution in [2.45, 2.75) is 26.1 Å². The van der Waals surface area contributed by atoms with Crippen LogP contribution in [0.5, 0.6) is 5.75 Å². The average Bonchev–Trinajstić information content (AvgIpc) is 2.71. The van der Waals surface area contributed by atoms with Gasteiger partial charge in [0.1, 0.15) is 5.75 Å². The van der Waals surface area contributed by atoms with Crippen LogP contribution in [-0.2, 0) is 4.74 Å². The van der Waals surface area contributed by atoms with Gasteiger partial charge in [0.05, 0.1) is 36.1 Å². The first-order valence-corrected chi connectivity index (χ1v) is 9.54. The van der Waals surface area contributed by atoms with E-state index >= 15 is 0 Å². The highest BCUT2D eigenvalue weighted by atomic mass is 16.5. The standard InChI is InChI=1S/C23H24N2O3/c1-15-13-25(14-16(2)28-15)23(26)20-12-22(17-8-10-18(27-3)11-9-17)24-21-7-5-4-6-19(20)21/h4-12,15-16H,13-14H2,1-3H3/t15-,16+. The highest BCUT2D eigenvalue weighted by molar-refractivity contribution is 6.07. The van der Waals surface area contributed by atoms with E-state index in [2.05, 4.69) is 0 Å². The summed E-state index contributed by atoms with van der Waals surface area (Å²) in [7, 11) is 1.64. The number of pyridine rings is 1. The summed E-state index contributed by atoms with van der Waals surface area (Å²) in [5, 5.41) is 0.872. The van der Waals surface area contributed by atoms with Crippen LogP contribution in [-0.4, -0.2) is 48.2 Å². The molecule has 5 nitrogen and oxygen atoms in total. The van der Waals surface area contributed by atoms with E-state index in [9.17, 15) is 4.79 Å². The molecule has 2 atom stereocenters. The molecule has 3 aromatic rings. The molecule has 1 aliphatic heterocycles. The molecule has 1 saturated heterocycles. The van der Waals surface area contributed by atoms with Crippen LogP contribution in [0.3, 0.4) is 0 Å². The first kappa shape index (κ1) is 18.4. The number of methoxy groups -OCH3 is 1. The minimum atomic E-state index is 0.0235. The Hall–Kier alpha value is -2.92. The predicted octanol–water partition coefficient (Wildman–Crippen LogP) is 4.16. The fourth-order valence-corrected chi connectivity index (χ4v) is 3.78. The smallest absolute Gasteiger partial charge is 0.254 e. The Kier molecular flexibility index (Phi) is 5.01. The fourth-order valence-electron chi connectivity index (χ4n) is 3.78. The summed E-state index contributed by atoms with van der Waals surface area (Å²) in [6, 6.07) is 17.4. The van der Waals surface area contributed by atoms with Crippen LogP contribution in [0.25, 0.3) is 22.2 Å². The van der Waals surface area contributed by atoms with E-state index in [4.69, 9.17) is 14.5 Å². The Bertz CT molecular complexity index is 990. The van der Waals surface area contributed by atoms with Gasteiger partial charge in [-0.25, -0.2) is 4.98 Å². The van der Waals surface area contributed by atoms with Gasteiger partial charge in [-0.1, -0.05) is 18.2 Å². The summed E-state index contributed by atoms with van der Waals surface area (Å²) >= 11 is 0. The molecule has 1 fully saturated rings. The van der Waals surface area contributed by atoms with E-state index in [0.29, 0.717) is 18.7 Å². The second kappa shape index (κ2) is 7.60. The second-order valence-corrected chi connectivity index (χ2v) is 7.27. The third-order valence-corrected chi connectivity index (χ3v) is 5.04. The number of rotatable bonds is 3. The van der Waals surface area contributed by atoms with Crippen molar-refractivity contribution in [1.29, 1.82) is 0 Å². The first-order chi connectivity index (χ1) is 13.5. The number of amides is 1. The summed E-state index contributed by atoms with van der Waals surface area (Å²) in [6.45, 7) is 5.20. The van der Waals surface area contributed by atoms with Gasteiger partial charge in [-0.2, -0.15) is 0 Å². The predicted molar refractivity (Wildman–Crippen MR) is 110 cm³/mol. The van der Waals surface area contributed by atoms with Crippen LogP contribution < -0.4 is 4.74 Å². The zero-order valence-electron chi connectivity index (χ0n) is 16.4. The van der Waals surface area contributed by atoms with Crippen molar-refractivity contribution in [3.05, 3.63) is 60.2 Å². The lowest BCUT2D eigenvalue weighted by atomic mass is 10.0. The Labute approximate surface area is 164 Å². The van der Waals surface area contributed by atoms with Gasteiger partial charge in [0.25, 0.3) is 5.91 Å². The van der Waals surface area contributed by atoms with Crippen molar-refractivity contribution in [2.75, 3.05) is 20.2 Å². The van der Waals surface area contributed by atoms with Crippen LogP contribution in [0.4, 0.5) is 0 Å². The molecule has 2 heterocycles. The van der Waals surface area contributed by atoms with E-state index in [-0.39, 0.29) is 18.1 Å². The third-order valence-electron chi connectivity index (χ3n) is 5.04. The van der Waals surface area contributed by atoms with Crippen LogP contribution in [0, 0.1) is 0 Å². The number of fused-ring (bicyclic) bond motifs is 1. The summed E-state index contributed by atoms with van der Waals surface area (Å²) < 4.78 is 11.0. The average molecular weight is 376 g/mol. The number of carbonyl (C=O) groups is 1. The Balaban J connectivity index is 1.79. The topological polar surface area (TPSA) is 51.7 Å². The Morgan fingerprint density at radius 3 is 2.43 bits per heavy atom. The number of ether oxygens (including phenoxy) is 2. The van der Waals surface area contributed by atoms with Crippen molar-refractivity contribution in [1.82, 2.24) is 9.88 Å². The molecule has 0 unspecified atom stereocenters. The molecule has 28 heavy (non-hydrogen) atoms. The number of hydrogen-bond acceptors (Lipinski definition) is 4. The molecule has 4 rings (SSSR count). The molecule has 0 bridgehead atoms. The van der Waals surface area contributed by atoms with Crippen molar-refractivity contribution in [3.8, 4) is 17.0 Å². The quantitative estimate of drug-likeness (QED) is 0.689. The number of para-hydroxylation sites is 1. The Morgan fingerprint density at radius 2 is 1.75 bits per heavy atom. The maximum atomic E-state index is 13.4. The van der Waals surface area contributed by atoms with E-state index in [0.717, 1.165) is 27.9 Å². The van der Waals surface area contributed by atoms with Gasteiger partial charge in [-0.15, -0.1) is 0 Å². The molecular formula is C23H24N2O3. The van der Waals surface area contributed by atoms with Crippen molar-refractivity contribution < 1.29 is 14.3 Å². The van der Waals surface area contributed by atoms with Gasteiger partial charge in [-0.05, 0) is 50.2 Å². The van der Waals surface area contributed by atoms with Crippen LogP contribution >= 0.6 is 0 Å². The van der Waals surface area contributed by atoms with E-state index in [1.165, 1.54) is 0 Å². The molecule has 144 valence electrons. The van der Waals surface area contributed by atoms with E-state index < -0.39 is 0 Å². The molecule has 0 spiro atoms. The fraction of sp³-hybridized carbons (Fsp3) is 0.304. The lowest BCUT2D eigenvalue weighted by Crippen LogP contribution is -2.48. The number of benzene rings is 2. The van der Waals surface area contributed by atoms with Gasteiger partial charge in [0, 0.05) is 24.0 Å². The maximum absolute atomic E-state index is 13.4. The molecule has 5 heteroatoms. The SMILES string of the molecule is COc1ccc(-c2cc(C(=O)N3C[C@@H](C)O[C@@H](C)C3)c3ccccc3n2)cc1. The molecule has 0 aliphatic carbocycles. The lowest BCUT2D eigenvalue weighted by molar-refractivity contribution is -0.0585. The molecular weight excluding hydrogens is 352 g/mol. The summed E-state index contributed by atoms with van der Waals surface area (Å²) in [5.41, 5.74) is 3.22. The van der Waals surface area contributed by atoms with Crippen LogP contribution in [0.1, 0.15) is 24.2 Å². The number of morpholine rings is 1. The van der Waals surface area contributed by atoms with Gasteiger partial charge in [-0.3, -0.25) is 4.79 Å². The number of carbonyl (C=O) groups excluding carboxylic acids is 1. The zero-order chi connectivity index (χ0) is 19.7. The summed E-state index contributed by atoms with van der Waals surface area (Å²) in [4.78, 5) is 20.1. The molecule has 0 radical (unpaired) electrons. The van der Waals surface area contributed by atoms with E-state index in [1.54, 1.807) is 7.11 Å². The number of hydrogen-bond donors (Lipinski definition) is 0. The zero-order valence-corrected chi connectivity index (χ0v) is 16.4. The van der Waals surface area contributed by atoms with Gasteiger partial charge < -0.3 is 14.4 Å². The van der Waals surface area contributed by atoms with Crippen molar-refractivity contribution >= 4 is 16.8 Å². The highest BCUT2D eigenvalue weighted by Gasteiger charge is 2.28. The summed E-state index contributed by atoms with van der Waals surface area (Å²) in [5.74, 6) is 0.812. The highest BCUT2D eigenvalue weighted by Crippen LogP contribution is 2.28. The third kappa shape index (κ3) is 3.58. The summed E-state index contributed by atoms with van der Waals surface area (Å²) in [6.07, 6.45) is 0.0590. The number of aromatic nitrogens is 1. The van der Waals surface area contributed by atoms with E-state index in [1.807, 2.05) is 73.3 Å². The Morgan fingerprint density at radius 1 is 1.07 bits per heavy atom. The van der Waals surface area contributed by atoms with Gasteiger partial charge >= 0.3 is 0 Å². The van der Waals surface area contributed by atoms with Crippen molar-refractivity contribution in [3.63, 3.8) is 0 Å². The molecule has 0 N–H and O–H groups in total. The molecule has 1 amide bonds. The lowest BCUT2D eigenvalue weighted by Gasteiger charge is -2.35. The molecule has 0 saturated carbocycles. The first-order valence-electron chi connectivity index (χ1n) is 9.54. The normalized spacial score (nSPS) is 19.6. The van der Waals surface area contributed by atoms with Crippen molar-refractivity contribution in [2.24, 2.45) is 0 Å². The molecule has 1 aromatic heterocycles. The van der Waals surface area contributed by atoms with Gasteiger partial charge in [0.15, 0.2) is 0 Å². The largest absolute Gasteiger partial charge is 0.497 e. The number of nitrogens with zero attached hydrogens (tertiary/aromatic N) is 2. The monoisotopic (exact) mass is 376 g/mol.